The van der Waals surface area contributed by atoms with Crippen LogP contribution in [0, 0.1) is 5.82 Å². The molecule has 0 saturated carbocycles. The molecule has 1 aromatic rings. The standard InChI is InChI=1S/C20H29FN4O.2ClH/c1-15(20(26)25-9-8-17-4-5-18(14-25)22-17)23-10-12-24(13-11-23)19-6-2-16(21)3-7-19;;/h2-3,6-7,15,17-18,22H,4-5,8-14H2,1H3;2*1H. The number of likely N-dealkylation sites (tertiary alicyclic amines) is 1. The molecule has 2 bridgehead atoms. The second kappa shape index (κ2) is 10.1. The fourth-order valence-corrected chi connectivity index (χ4v) is 4.58. The first-order chi connectivity index (χ1) is 12.6. The topological polar surface area (TPSA) is 38.8 Å². The van der Waals surface area contributed by atoms with Gasteiger partial charge in [-0.3, -0.25) is 9.69 Å². The zero-order valence-electron chi connectivity index (χ0n) is 16.3. The van der Waals surface area contributed by atoms with E-state index in [1.807, 2.05) is 19.1 Å². The lowest BCUT2D eigenvalue weighted by atomic mass is 10.1. The quantitative estimate of drug-likeness (QED) is 0.796. The fraction of sp³-hybridized carbons (Fsp3) is 0.650. The van der Waals surface area contributed by atoms with Crippen LogP contribution in [0.2, 0.25) is 0 Å². The third-order valence-corrected chi connectivity index (χ3v) is 6.25. The number of amides is 1. The Morgan fingerprint density at radius 2 is 1.64 bits per heavy atom. The van der Waals surface area contributed by atoms with E-state index in [1.165, 1.54) is 25.0 Å². The van der Waals surface area contributed by atoms with Crippen LogP contribution >= 0.6 is 24.8 Å². The van der Waals surface area contributed by atoms with Crippen molar-refractivity contribution < 1.29 is 9.18 Å². The van der Waals surface area contributed by atoms with Crippen molar-refractivity contribution >= 4 is 36.4 Å². The summed E-state index contributed by atoms with van der Waals surface area (Å²) < 4.78 is 13.1. The Labute approximate surface area is 179 Å². The Morgan fingerprint density at radius 3 is 2.32 bits per heavy atom. The molecule has 1 amide bonds. The summed E-state index contributed by atoms with van der Waals surface area (Å²) in [5.74, 6) is 0.0711. The van der Waals surface area contributed by atoms with Crippen molar-refractivity contribution in [3.63, 3.8) is 0 Å². The number of carbonyl (C=O) groups is 1. The maximum atomic E-state index is 13.1. The number of halogens is 3. The Morgan fingerprint density at radius 1 is 1.00 bits per heavy atom. The fourth-order valence-electron chi connectivity index (χ4n) is 4.58. The van der Waals surface area contributed by atoms with Gasteiger partial charge in [0.1, 0.15) is 5.82 Å². The highest BCUT2D eigenvalue weighted by molar-refractivity contribution is 5.85. The molecule has 1 aromatic carbocycles. The van der Waals surface area contributed by atoms with Crippen LogP contribution in [0.3, 0.4) is 0 Å². The van der Waals surface area contributed by atoms with Gasteiger partial charge in [-0.1, -0.05) is 0 Å². The summed E-state index contributed by atoms with van der Waals surface area (Å²) in [6.45, 7) is 7.25. The van der Waals surface area contributed by atoms with Crippen LogP contribution in [-0.4, -0.2) is 73.1 Å². The smallest absolute Gasteiger partial charge is 0.239 e. The molecule has 3 atom stereocenters. The lowest BCUT2D eigenvalue weighted by Gasteiger charge is -2.40. The van der Waals surface area contributed by atoms with Crippen molar-refractivity contribution in [2.24, 2.45) is 0 Å². The van der Waals surface area contributed by atoms with Crippen molar-refractivity contribution in [3.8, 4) is 0 Å². The Bertz CT molecular complexity index is 640. The molecule has 0 radical (unpaired) electrons. The summed E-state index contributed by atoms with van der Waals surface area (Å²) in [6, 6.07) is 7.70. The van der Waals surface area contributed by atoms with Crippen molar-refractivity contribution in [3.05, 3.63) is 30.1 Å². The van der Waals surface area contributed by atoms with Gasteiger partial charge >= 0.3 is 0 Å². The molecule has 1 N–H and O–H groups in total. The van der Waals surface area contributed by atoms with Gasteiger partial charge in [0.2, 0.25) is 5.91 Å². The summed E-state index contributed by atoms with van der Waals surface area (Å²) in [5.41, 5.74) is 1.06. The molecular weight excluding hydrogens is 402 g/mol. The van der Waals surface area contributed by atoms with Crippen LogP contribution in [0.5, 0.6) is 0 Å². The number of anilines is 1. The molecule has 3 heterocycles. The van der Waals surface area contributed by atoms with E-state index >= 15 is 0 Å². The average molecular weight is 433 g/mol. The van der Waals surface area contributed by atoms with Gasteiger partial charge in [-0.05, 0) is 50.5 Å². The Kier molecular flexibility index (Phi) is 8.37. The number of hydrogen-bond acceptors (Lipinski definition) is 4. The van der Waals surface area contributed by atoms with Crippen molar-refractivity contribution in [2.75, 3.05) is 44.2 Å². The number of rotatable bonds is 3. The second-order valence-electron chi connectivity index (χ2n) is 7.89. The van der Waals surface area contributed by atoms with E-state index in [-0.39, 0.29) is 42.6 Å². The number of benzene rings is 1. The highest BCUT2D eigenvalue weighted by atomic mass is 35.5. The maximum Gasteiger partial charge on any atom is 0.239 e. The Hall–Kier alpha value is -1.08. The molecule has 0 spiro atoms. The third-order valence-electron chi connectivity index (χ3n) is 6.25. The minimum absolute atomic E-state index is 0. The normalized spacial score (nSPS) is 26.1. The van der Waals surface area contributed by atoms with Gasteiger partial charge in [-0.15, -0.1) is 24.8 Å². The van der Waals surface area contributed by atoms with Crippen LogP contribution in [0.15, 0.2) is 24.3 Å². The van der Waals surface area contributed by atoms with Crippen LogP contribution in [0.4, 0.5) is 10.1 Å². The first-order valence-corrected chi connectivity index (χ1v) is 9.89. The highest BCUT2D eigenvalue weighted by Gasteiger charge is 2.34. The van der Waals surface area contributed by atoms with Crippen molar-refractivity contribution in [2.45, 2.75) is 44.3 Å². The van der Waals surface area contributed by atoms with E-state index < -0.39 is 0 Å². The minimum Gasteiger partial charge on any atom is -0.369 e. The second-order valence-corrected chi connectivity index (χ2v) is 7.89. The van der Waals surface area contributed by atoms with E-state index in [0.717, 1.165) is 51.4 Å². The van der Waals surface area contributed by atoms with Crippen molar-refractivity contribution in [1.82, 2.24) is 15.1 Å². The minimum atomic E-state index is -0.202. The van der Waals surface area contributed by atoms with Gasteiger partial charge in [0.25, 0.3) is 0 Å². The first kappa shape index (κ1) is 23.2. The van der Waals surface area contributed by atoms with E-state index in [9.17, 15) is 9.18 Å². The molecule has 158 valence electrons. The number of fused-ring (bicyclic) bond motifs is 2. The van der Waals surface area contributed by atoms with E-state index in [1.54, 1.807) is 0 Å². The first-order valence-electron chi connectivity index (χ1n) is 9.89. The summed E-state index contributed by atoms with van der Waals surface area (Å²) in [6.07, 6.45) is 3.53. The molecule has 0 aromatic heterocycles. The predicted octanol–water partition coefficient (Wildman–Crippen LogP) is 2.53. The molecule has 3 unspecified atom stereocenters. The number of nitrogens with one attached hydrogen (secondary N) is 1. The molecule has 3 aliphatic heterocycles. The van der Waals surface area contributed by atoms with Crippen molar-refractivity contribution in [1.29, 1.82) is 0 Å². The molecule has 3 aliphatic rings. The number of piperazine rings is 1. The lowest BCUT2D eigenvalue weighted by Crippen LogP contribution is -2.55. The average Bonchev–Trinajstić information content (AvgIpc) is 3.00. The summed E-state index contributed by atoms with van der Waals surface area (Å²) in [4.78, 5) is 19.7. The van der Waals surface area contributed by atoms with Gasteiger partial charge in [-0.25, -0.2) is 4.39 Å². The largest absolute Gasteiger partial charge is 0.369 e. The predicted molar refractivity (Wildman–Crippen MR) is 115 cm³/mol. The van der Waals surface area contributed by atoms with Gasteiger partial charge in [-0.2, -0.15) is 0 Å². The molecule has 4 rings (SSSR count). The zero-order chi connectivity index (χ0) is 18.1. The van der Waals surface area contributed by atoms with Gasteiger partial charge in [0.05, 0.1) is 6.04 Å². The van der Waals surface area contributed by atoms with E-state index in [4.69, 9.17) is 0 Å². The highest BCUT2D eigenvalue weighted by Crippen LogP contribution is 2.22. The molecule has 5 nitrogen and oxygen atoms in total. The number of nitrogens with zero attached hydrogens (tertiary/aromatic N) is 3. The molecule has 3 saturated heterocycles. The van der Waals surface area contributed by atoms with Crippen LogP contribution in [0.25, 0.3) is 0 Å². The molecule has 0 aliphatic carbocycles. The molecule has 3 fully saturated rings. The molecule has 8 heteroatoms. The Balaban J connectivity index is 0.00000140. The summed E-state index contributed by atoms with van der Waals surface area (Å²) in [7, 11) is 0. The molecular formula is C20H31Cl2FN4O. The lowest BCUT2D eigenvalue weighted by molar-refractivity contribution is -0.136. The number of hydrogen-bond donors (Lipinski definition) is 1. The van der Waals surface area contributed by atoms with Crippen LogP contribution in [-0.2, 0) is 4.79 Å². The van der Waals surface area contributed by atoms with Gasteiger partial charge < -0.3 is 15.1 Å². The van der Waals surface area contributed by atoms with Crippen LogP contribution in [0.1, 0.15) is 26.2 Å². The van der Waals surface area contributed by atoms with Gasteiger partial charge in [0.15, 0.2) is 0 Å². The number of carbonyl (C=O) groups excluding carboxylic acids is 1. The zero-order valence-corrected chi connectivity index (χ0v) is 18.0. The summed E-state index contributed by atoms with van der Waals surface area (Å²) >= 11 is 0. The summed E-state index contributed by atoms with van der Waals surface area (Å²) in [5, 5.41) is 3.64. The third kappa shape index (κ3) is 5.09. The molecule has 28 heavy (non-hydrogen) atoms. The monoisotopic (exact) mass is 432 g/mol. The maximum absolute atomic E-state index is 13.1. The van der Waals surface area contributed by atoms with E-state index in [0.29, 0.717) is 12.1 Å². The van der Waals surface area contributed by atoms with Gasteiger partial charge in [0, 0.05) is 57.0 Å². The SMILES string of the molecule is CC(C(=O)N1CCC2CCC(C1)N2)N1CCN(c2ccc(F)cc2)CC1.Cl.Cl. The van der Waals surface area contributed by atoms with Crippen LogP contribution < -0.4 is 10.2 Å². The van der Waals surface area contributed by atoms with E-state index in [2.05, 4.69) is 20.0 Å².